The van der Waals surface area contributed by atoms with E-state index in [0.717, 1.165) is 18.5 Å². The molecule has 0 unspecified atom stereocenters. The summed E-state index contributed by atoms with van der Waals surface area (Å²) < 4.78 is 80.6. The van der Waals surface area contributed by atoms with Crippen LogP contribution in [-0.4, -0.2) is 76.0 Å². The molecule has 1 amide bonds. The van der Waals surface area contributed by atoms with Gasteiger partial charge < -0.3 is 29.2 Å². The number of hydrogen-bond acceptors (Lipinski definition) is 10. The van der Waals surface area contributed by atoms with E-state index in [-0.39, 0.29) is 61.1 Å². The van der Waals surface area contributed by atoms with Gasteiger partial charge in [-0.1, -0.05) is 12.1 Å². The summed E-state index contributed by atoms with van der Waals surface area (Å²) in [5.74, 6) is -0.785. The van der Waals surface area contributed by atoms with Crippen molar-refractivity contribution >= 4 is 27.4 Å². The zero-order chi connectivity index (χ0) is 37.8. The minimum absolute atomic E-state index is 0.0554. The van der Waals surface area contributed by atoms with E-state index in [1.165, 1.54) is 51.1 Å². The lowest BCUT2D eigenvalue weighted by molar-refractivity contribution is -0.0102. The molecule has 0 atom stereocenters. The van der Waals surface area contributed by atoms with Crippen LogP contribution < -0.4 is 29.2 Å². The van der Waals surface area contributed by atoms with Crippen molar-refractivity contribution in [1.82, 2.24) is 14.3 Å². The van der Waals surface area contributed by atoms with Gasteiger partial charge in [0, 0.05) is 91.8 Å². The Labute approximate surface area is 308 Å². The number of pyridine rings is 2. The first-order valence-corrected chi connectivity index (χ1v) is 18.7. The fraction of sp³-hybridized carbons (Fsp3) is 0.395. The fourth-order valence-electron chi connectivity index (χ4n) is 6.29. The van der Waals surface area contributed by atoms with Crippen LogP contribution in [0.15, 0.2) is 71.9 Å². The molecule has 0 radical (unpaired) electrons. The molecule has 2 aromatic heterocycles. The summed E-state index contributed by atoms with van der Waals surface area (Å²) in [4.78, 5) is 24.6. The summed E-state index contributed by atoms with van der Waals surface area (Å²) in [6.45, 7) is 0.169. The number of halogens is 2. The van der Waals surface area contributed by atoms with Crippen LogP contribution in [-0.2, 0) is 23.1 Å². The number of rotatable bonds is 14. The Morgan fingerprint density at radius 3 is 2.09 bits per heavy atom. The number of carbonyl (C=O) groups is 1. The number of amides is 1. The highest BCUT2D eigenvalue weighted by Gasteiger charge is 2.34. The fourth-order valence-corrected chi connectivity index (χ4v) is 7.65. The smallest absolute Gasteiger partial charge is 0.261 e. The van der Waals surface area contributed by atoms with Crippen molar-refractivity contribution in [3.63, 3.8) is 0 Å². The lowest BCUT2D eigenvalue weighted by atomic mass is 10.1. The highest BCUT2D eigenvalue weighted by atomic mass is 32.2. The molecule has 282 valence electrons. The number of nitrogens with one attached hydrogen (secondary N) is 1. The van der Waals surface area contributed by atoms with Crippen molar-refractivity contribution in [3.8, 4) is 23.0 Å². The number of hydrogen-bond donors (Lipinski definition) is 1. The Morgan fingerprint density at radius 1 is 0.868 bits per heavy atom. The minimum atomic E-state index is -4.34. The van der Waals surface area contributed by atoms with Crippen LogP contribution in [0.25, 0.3) is 0 Å². The van der Waals surface area contributed by atoms with Crippen LogP contribution >= 0.6 is 0 Å². The quantitative estimate of drug-likeness (QED) is 0.149. The maximum absolute atomic E-state index is 14.5. The predicted molar refractivity (Wildman–Crippen MR) is 195 cm³/mol. The number of aromatic nitrogens is 2. The van der Waals surface area contributed by atoms with Crippen molar-refractivity contribution in [2.24, 2.45) is 0 Å². The predicted octanol–water partition coefficient (Wildman–Crippen LogP) is 6.66. The second-order valence-electron chi connectivity index (χ2n) is 13.0. The number of ether oxygens (including phenoxy) is 4. The molecular formula is C38H43F2N5O7S. The average Bonchev–Trinajstić information content (AvgIpc) is 4.03. The third-order valence-corrected chi connectivity index (χ3v) is 11.1. The molecule has 2 aliphatic rings. The van der Waals surface area contributed by atoms with Gasteiger partial charge in [0.2, 0.25) is 5.92 Å². The van der Waals surface area contributed by atoms with E-state index in [1.54, 1.807) is 53.4 Å². The zero-order valence-corrected chi connectivity index (χ0v) is 30.9. The molecule has 3 heterocycles. The van der Waals surface area contributed by atoms with Gasteiger partial charge in [-0.2, -0.15) is 4.31 Å². The SMILES string of the molecule is COc1ccc(CN(Cc2ccc(OC)cc2OC)S(=O)(=O)c2cc(NC(=O)c3ccc(C4CC4)nc3N3CCCC(F)(F)CC3)ccn2)c(OC)c1. The molecule has 12 nitrogen and oxygen atoms in total. The molecule has 2 aromatic carbocycles. The third kappa shape index (κ3) is 8.79. The largest absolute Gasteiger partial charge is 0.497 e. The lowest BCUT2D eigenvalue weighted by Crippen LogP contribution is -2.31. The van der Waals surface area contributed by atoms with Gasteiger partial charge in [0.25, 0.3) is 15.9 Å². The number of anilines is 2. The molecule has 0 bridgehead atoms. The van der Waals surface area contributed by atoms with Gasteiger partial charge in [-0.3, -0.25) is 4.79 Å². The average molecular weight is 752 g/mol. The Kier molecular flexibility index (Phi) is 11.3. The van der Waals surface area contributed by atoms with E-state index in [0.29, 0.717) is 46.5 Å². The second-order valence-corrected chi connectivity index (χ2v) is 14.9. The van der Waals surface area contributed by atoms with Crippen molar-refractivity contribution in [3.05, 3.63) is 89.2 Å². The molecule has 0 spiro atoms. The number of nitrogens with zero attached hydrogens (tertiary/aromatic N) is 4. The van der Waals surface area contributed by atoms with Crippen LogP contribution in [0.4, 0.5) is 20.3 Å². The second kappa shape index (κ2) is 15.9. The molecule has 6 rings (SSSR count). The van der Waals surface area contributed by atoms with Gasteiger partial charge >= 0.3 is 0 Å². The van der Waals surface area contributed by atoms with Gasteiger partial charge in [-0.15, -0.1) is 0 Å². The van der Waals surface area contributed by atoms with Crippen molar-refractivity contribution in [1.29, 1.82) is 0 Å². The normalized spacial score (nSPS) is 15.8. The monoisotopic (exact) mass is 751 g/mol. The molecule has 4 aromatic rings. The van der Waals surface area contributed by atoms with E-state index in [1.807, 2.05) is 0 Å². The number of benzene rings is 2. The number of methoxy groups -OCH3 is 4. The standard InChI is InChI=1S/C38H43F2N5O7S/c1-49-29-10-8-26(33(21-29)51-3)23-45(24-27-9-11-30(50-2)22-34(27)52-4)53(47,48)35-20-28(14-17-41-35)42-37(46)31-12-13-32(25-6-7-25)43-36(31)44-18-5-15-38(39,40)16-19-44/h8-14,17,20-22,25H,5-7,15-16,18-19,23-24H2,1-4H3,(H,41,42,46). The Morgan fingerprint density at radius 2 is 1.51 bits per heavy atom. The van der Waals surface area contributed by atoms with Gasteiger partial charge in [-0.05, 0) is 49.6 Å². The Balaban J connectivity index is 1.32. The number of carbonyl (C=O) groups excluding carboxylic acids is 1. The summed E-state index contributed by atoms with van der Waals surface area (Å²) in [5.41, 5.74) is 2.34. The van der Waals surface area contributed by atoms with E-state index in [9.17, 15) is 22.0 Å². The summed E-state index contributed by atoms with van der Waals surface area (Å²) >= 11 is 0. The topological polar surface area (TPSA) is 132 Å². The summed E-state index contributed by atoms with van der Waals surface area (Å²) in [7, 11) is 1.67. The van der Waals surface area contributed by atoms with Crippen LogP contribution in [0.5, 0.6) is 23.0 Å². The molecule has 1 saturated heterocycles. The minimum Gasteiger partial charge on any atom is -0.497 e. The Hall–Kier alpha value is -5.02. The Bertz CT molecular complexity index is 2010. The zero-order valence-electron chi connectivity index (χ0n) is 30.1. The highest BCUT2D eigenvalue weighted by Crippen LogP contribution is 2.41. The van der Waals surface area contributed by atoms with Crippen LogP contribution in [0.3, 0.4) is 0 Å². The van der Waals surface area contributed by atoms with Crippen LogP contribution in [0, 0.1) is 0 Å². The van der Waals surface area contributed by atoms with Crippen molar-refractivity contribution in [2.45, 2.75) is 62.1 Å². The van der Waals surface area contributed by atoms with E-state index >= 15 is 0 Å². The molecule has 1 aliphatic carbocycles. The third-order valence-electron chi connectivity index (χ3n) is 9.43. The highest BCUT2D eigenvalue weighted by molar-refractivity contribution is 7.89. The first-order valence-electron chi connectivity index (χ1n) is 17.3. The van der Waals surface area contributed by atoms with Crippen LogP contribution in [0.1, 0.15) is 65.2 Å². The van der Waals surface area contributed by atoms with Crippen LogP contribution in [0.2, 0.25) is 0 Å². The number of alkyl halides is 2. The molecule has 1 saturated carbocycles. The maximum Gasteiger partial charge on any atom is 0.261 e. The molecule has 2 fully saturated rings. The number of sulfonamides is 1. The van der Waals surface area contributed by atoms with Gasteiger partial charge in [-0.25, -0.2) is 27.2 Å². The molecular weight excluding hydrogens is 709 g/mol. The first kappa shape index (κ1) is 37.7. The van der Waals surface area contributed by atoms with Gasteiger partial charge in [0.05, 0.1) is 34.0 Å². The summed E-state index contributed by atoms with van der Waals surface area (Å²) in [6.07, 6.45) is 2.96. The lowest BCUT2D eigenvalue weighted by Gasteiger charge is -2.25. The molecule has 53 heavy (non-hydrogen) atoms. The maximum atomic E-state index is 14.5. The molecule has 1 N–H and O–H groups in total. The van der Waals surface area contributed by atoms with E-state index in [4.69, 9.17) is 23.9 Å². The summed E-state index contributed by atoms with van der Waals surface area (Å²) in [6, 6.07) is 16.4. The van der Waals surface area contributed by atoms with Crippen molar-refractivity contribution in [2.75, 3.05) is 51.7 Å². The first-order chi connectivity index (χ1) is 25.4. The molecule has 15 heteroatoms. The summed E-state index contributed by atoms with van der Waals surface area (Å²) in [5, 5.41) is 2.49. The van der Waals surface area contributed by atoms with E-state index in [2.05, 4.69) is 10.3 Å². The van der Waals surface area contributed by atoms with Gasteiger partial charge in [0.15, 0.2) is 5.03 Å². The van der Waals surface area contributed by atoms with E-state index < -0.39 is 21.9 Å². The molecule has 1 aliphatic heterocycles. The van der Waals surface area contributed by atoms with Gasteiger partial charge in [0.1, 0.15) is 28.8 Å². The van der Waals surface area contributed by atoms with Crippen molar-refractivity contribution < 1.29 is 40.9 Å².